The third-order valence-electron chi connectivity index (χ3n) is 0.730. The molecule has 0 fully saturated rings. The van der Waals surface area contributed by atoms with E-state index < -0.39 is 0 Å². The van der Waals surface area contributed by atoms with Gasteiger partial charge in [0.1, 0.15) is 0 Å². The summed E-state index contributed by atoms with van der Waals surface area (Å²) in [6.07, 6.45) is 7.19. The van der Waals surface area contributed by atoms with Crippen LogP contribution in [0, 0.1) is 12.8 Å². The molecule has 0 aliphatic carbocycles. The van der Waals surface area contributed by atoms with Crippen LogP contribution in [-0.2, 0) is 40.8 Å². The molecule has 0 spiro atoms. The van der Waals surface area contributed by atoms with E-state index in [2.05, 4.69) is 9.47 Å². The summed E-state index contributed by atoms with van der Waals surface area (Å²) >= 11 is 0. The molecule has 0 rings (SSSR count). The predicted molar refractivity (Wildman–Crippen MR) is 75.7 cm³/mol. The van der Waals surface area contributed by atoms with Gasteiger partial charge in [-0.1, -0.05) is 0 Å². The molecule has 0 saturated carbocycles. The number of rotatable bonds is 6. The minimum atomic E-state index is 0. The van der Waals surface area contributed by atoms with Crippen molar-refractivity contribution < 1.29 is 40.8 Å². The van der Waals surface area contributed by atoms with E-state index in [9.17, 15) is 9.59 Å². The van der Waals surface area contributed by atoms with Crippen LogP contribution < -0.4 is 0 Å². The SMILES string of the molecule is CCOC[C-]=O.CCOC[C-]=O.C[CH-]C.C[CH-]C.[Ti+4]. The fraction of sp³-hybridized carbons (Fsp3) is 0.714. The van der Waals surface area contributed by atoms with Crippen LogP contribution in [0.4, 0.5) is 0 Å². The van der Waals surface area contributed by atoms with Gasteiger partial charge in [0.2, 0.25) is 0 Å². The van der Waals surface area contributed by atoms with E-state index in [0.29, 0.717) is 13.2 Å². The topological polar surface area (TPSA) is 52.6 Å². The number of hydrogen-bond acceptors (Lipinski definition) is 4. The zero-order chi connectivity index (χ0) is 15.1. The number of ether oxygens (including phenoxy) is 2. The predicted octanol–water partition coefficient (Wildman–Crippen LogP) is 2.72. The molecular weight excluding hydrogens is 280 g/mol. The summed E-state index contributed by atoms with van der Waals surface area (Å²) in [6.45, 7) is 13.1. The Kier molecular flexibility index (Phi) is 86.0. The molecule has 0 aromatic heterocycles. The Labute approximate surface area is 134 Å². The minimum Gasteiger partial charge on any atom is -0.540 e. The zero-order valence-corrected chi connectivity index (χ0v) is 14.7. The first-order valence-electron chi connectivity index (χ1n) is 5.99. The van der Waals surface area contributed by atoms with E-state index in [0.717, 1.165) is 0 Å². The second-order valence-corrected chi connectivity index (χ2v) is 2.72. The first-order chi connectivity index (χ1) is 8.66. The largest absolute Gasteiger partial charge is 4.00 e. The van der Waals surface area contributed by atoms with Crippen molar-refractivity contribution in [3.63, 3.8) is 0 Å². The summed E-state index contributed by atoms with van der Waals surface area (Å²) in [5, 5.41) is 0. The molecule has 0 aliphatic rings. The van der Waals surface area contributed by atoms with E-state index in [-0.39, 0.29) is 34.9 Å². The third kappa shape index (κ3) is 129. The molecule has 0 amide bonds. The fourth-order valence-electron chi connectivity index (χ4n) is 0.287. The first-order valence-corrected chi connectivity index (χ1v) is 5.99. The first kappa shape index (κ1) is 31.4. The monoisotopic (exact) mass is 308 g/mol. The molecule has 19 heavy (non-hydrogen) atoms. The van der Waals surface area contributed by atoms with E-state index in [1.807, 2.05) is 54.4 Å². The van der Waals surface area contributed by atoms with Crippen LogP contribution in [0.5, 0.6) is 0 Å². The van der Waals surface area contributed by atoms with Gasteiger partial charge in [0.05, 0.1) is 0 Å². The van der Waals surface area contributed by atoms with Gasteiger partial charge in [0.15, 0.2) is 0 Å². The third-order valence-corrected chi connectivity index (χ3v) is 0.730. The van der Waals surface area contributed by atoms with Gasteiger partial charge >= 0.3 is 21.7 Å². The summed E-state index contributed by atoms with van der Waals surface area (Å²) in [4.78, 5) is 18.6. The van der Waals surface area contributed by atoms with Crippen LogP contribution in [0.2, 0.25) is 0 Å². The quantitative estimate of drug-likeness (QED) is 0.430. The molecule has 0 unspecified atom stereocenters. The Hall–Kier alpha value is -0.0257. The average Bonchev–Trinajstić information content (AvgIpc) is 2.36. The van der Waals surface area contributed by atoms with Crippen LogP contribution in [0.1, 0.15) is 41.5 Å². The van der Waals surface area contributed by atoms with Crippen LogP contribution in [0.25, 0.3) is 0 Å². The van der Waals surface area contributed by atoms with Crippen molar-refractivity contribution >= 4 is 12.6 Å². The molecule has 0 N–H and O–H groups in total. The van der Waals surface area contributed by atoms with Crippen molar-refractivity contribution in [3.05, 3.63) is 12.8 Å². The van der Waals surface area contributed by atoms with Crippen LogP contribution in [0.15, 0.2) is 0 Å². The maximum atomic E-state index is 9.31. The normalized spacial score (nSPS) is 7.05. The molecule has 0 aliphatic heterocycles. The minimum absolute atomic E-state index is 0. The van der Waals surface area contributed by atoms with Crippen molar-refractivity contribution in [1.29, 1.82) is 0 Å². The summed E-state index contributed by atoms with van der Waals surface area (Å²) in [5.74, 6) is 0. The van der Waals surface area contributed by atoms with Gasteiger partial charge in [-0.25, -0.2) is 12.6 Å². The van der Waals surface area contributed by atoms with E-state index >= 15 is 0 Å². The van der Waals surface area contributed by atoms with Crippen LogP contribution >= 0.6 is 0 Å². The van der Waals surface area contributed by atoms with Crippen molar-refractivity contribution in [2.75, 3.05) is 26.4 Å². The molecule has 0 saturated heterocycles. The Bertz CT molecular complexity index is 108. The van der Waals surface area contributed by atoms with Gasteiger partial charge in [0.25, 0.3) is 0 Å². The summed E-state index contributed by atoms with van der Waals surface area (Å²) in [6, 6.07) is 0. The molecule has 0 radical (unpaired) electrons. The van der Waals surface area contributed by atoms with Crippen LogP contribution in [0.3, 0.4) is 0 Å². The van der Waals surface area contributed by atoms with Crippen molar-refractivity contribution in [2.24, 2.45) is 0 Å². The Balaban J connectivity index is -0.0000000476. The van der Waals surface area contributed by atoms with Gasteiger partial charge < -0.3 is 31.9 Å². The molecule has 4 nitrogen and oxygen atoms in total. The molecule has 0 aromatic rings. The standard InChI is InChI=1S/2C4H7O2.2C3H7.Ti/c2*1-2-6-4-3-5;2*1-3-2;/h2*2,4H2,1H3;2*3H,1-2H3;/q4*-1;+4. The average molecular weight is 308 g/mol. The van der Waals surface area contributed by atoms with Gasteiger partial charge in [-0.2, -0.15) is 27.7 Å². The van der Waals surface area contributed by atoms with Gasteiger partial charge in [0, 0.05) is 13.2 Å². The maximum Gasteiger partial charge on any atom is 4.00 e. The Morgan fingerprint density at radius 2 is 1.00 bits per heavy atom. The summed E-state index contributed by atoms with van der Waals surface area (Å²) < 4.78 is 9.12. The van der Waals surface area contributed by atoms with Gasteiger partial charge in [-0.05, 0) is 27.1 Å². The molecular formula is C14H28O4Ti. The van der Waals surface area contributed by atoms with E-state index in [1.165, 1.54) is 0 Å². The summed E-state index contributed by atoms with van der Waals surface area (Å²) in [7, 11) is 0. The van der Waals surface area contributed by atoms with E-state index in [4.69, 9.17) is 0 Å². The van der Waals surface area contributed by atoms with Crippen molar-refractivity contribution in [3.8, 4) is 0 Å². The van der Waals surface area contributed by atoms with Crippen LogP contribution in [-0.4, -0.2) is 39.0 Å². The second kappa shape index (κ2) is 52.1. The maximum absolute atomic E-state index is 9.31. The van der Waals surface area contributed by atoms with Gasteiger partial charge in [-0.3, -0.25) is 0 Å². The molecule has 0 aromatic carbocycles. The number of hydrogen-bond donors (Lipinski definition) is 0. The zero-order valence-electron chi connectivity index (χ0n) is 13.1. The number of carbonyl (C=O) groups excluding carboxylic acids is 2. The molecule has 0 atom stereocenters. The van der Waals surface area contributed by atoms with Crippen molar-refractivity contribution in [1.82, 2.24) is 0 Å². The molecule has 0 heterocycles. The molecule has 0 bridgehead atoms. The second-order valence-electron chi connectivity index (χ2n) is 2.72. The Morgan fingerprint density at radius 1 is 0.789 bits per heavy atom. The smallest absolute Gasteiger partial charge is 0.540 e. The molecule has 112 valence electrons. The van der Waals surface area contributed by atoms with E-state index in [1.54, 1.807) is 12.6 Å². The fourth-order valence-corrected chi connectivity index (χ4v) is 0.287. The van der Waals surface area contributed by atoms with Gasteiger partial charge in [-0.15, -0.1) is 0 Å². The summed E-state index contributed by atoms with van der Waals surface area (Å²) in [5.41, 5.74) is 0. The van der Waals surface area contributed by atoms with Crippen molar-refractivity contribution in [2.45, 2.75) is 41.5 Å². The molecule has 5 heteroatoms. The Morgan fingerprint density at radius 3 is 1.05 bits per heavy atom.